The first-order valence-electron chi connectivity index (χ1n) is 7.86. The van der Waals surface area contributed by atoms with Crippen LogP contribution in [0.1, 0.15) is 44.9 Å². The van der Waals surface area contributed by atoms with E-state index in [2.05, 4.69) is 5.32 Å². The minimum absolute atomic E-state index is 0.163. The molecule has 2 aliphatic rings. The van der Waals surface area contributed by atoms with Gasteiger partial charge in [-0.25, -0.2) is 0 Å². The monoisotopic (exact) mass is 268 g/mol. The number of likely N-dealkylation sites (N-methyl/N-ethyl adjacent to an activating group) is 1. The van der Waals surface area contributed by atoms with E-state index in [9.17, 15) is 4.79 Å². The molecule has 0 radical (unpaired) electrons. The fraction of sp³-hybridized carbons (Fsp3) is 0.933. The van der Waals surface area contributed by atoms with E-state index >= 15 is 0 Å². The minimum atomic E-state index is 0.163. The Balaban J connectivity index is 1.86. The van der Waals surface area contributed by atoms with Crippen LogP contribution in [-0.2, 0) is 9.53 Å². The molecule has 0 aromatic carbocycles. The van der Waals surface area contributed by atoms with Gasteiger partial charge in [0.15, 0.2) is 0 Å². The van der Waals surface area contributed by atoms with Gasteiger partial charge in [0.25, 0.3) is 0 Å². The summed E-state index contributed by atoms with van der Waals surface area (Å²) in [4.78, 5) is 14.7. The zero-order valence-corrected chi connectivity index (χ0v) is 12.2. The Morgan fingerprint density at radius 2 is 1.89 bits per heavy atom. The molecular formula is C15H28N2O2. The molecule has 1 N–H and O–H groups in total. The van der Waals surface area contributed by atoms with Gasteiger partial charge in [0, 0.05) is 25.6 Å². The number of carbonyl (C=O) groups excluding carboxylic acids is 1. The zero-order valence-electron chi connectivity index (χ0n) is 12.2. The van der Waals surface area contributed by atoms with Crippen LogP contribution >= 0.6 is 0 Å². The molecule has 1 saturated carbocycles. The van der Waals surface area contributed by atoms with Crippen molar-refractivity contribution in [1.82, 2.24) is 10.2 Å². The SMILES string of the molecule is CNCC1CN(C(=O)C2CCCCCCC2)CCO1. The van der Waals surface area contributed by atoms with Gasteiger partial charge < -0.3 is 15.0 Å². The predicted octanol–water partition coefficient (Wildman–Crippen LogP) is 1.79. The maximum atomic E-state index is 12.6. The topological polar surface area (TPSA) is 41.6 Å². The highest BCUT2D eigenvalue weighted by Crippen LogP contribution is 2.24. The smallest absolute Gasteiger partial charge is 0.225 e. The van der Waals surface area contributed by atoms with Crippen LogP contribution in [0.4, 0.5) is 0 Å². The van der Waals surface area contributed by atoms with Gasteiger partial charge in [0.05, 0.1) is 12.7 Å². The van der Waals surface area contributed by atoms with Crippen molar-refractivity contribution in [3.8, 4) is 0 Å². The molecule has 4 nitrogen and oxygen atoms in total. The third kappa shape index (κ3) is 4.46. The average molecular weight is 268 g/mol. The Morgan fingerprint density at radius 3 is 2.58 bits per heavy atom. The lowest BCUT2D eigenvalue weighted by Crippen LogP contribution is -2.50. The molecule has 110 valence electrons. The summed E-state index contributed by atoms with van der Waals surface area (Å²) >= 11 is 0. The molecule has 19 heavy (non-hydrogen) atoms. The maximum absolute atomic E-state index is 12.6. The summed E-state index contributed by atoms with van der Waals surface area (Å²) in [5.41, 5.74) is 0. The second-order valence-corrected chi connectivity index (χ2v) is 5.88. The van der Waals surface area contributed by atoms with Crippen LogP contribution in [0.2, 0.25) is 0 Å². The van der Waals surface area contributed by atoms with Gasteiger partial charge in [-0.2, -0.15) is 0 Å². The van der Waals surface area contributed by atoms with E-state index in [1.807, 2.05) is 11.9 Å². The summed E-state index contributed by atoms with van der Waals surface area (Å²) in [5.74, 6) is 0.653. The minimum Gasteiger partial charge on any atom is -0.373 e. The Morgan fingerprint density at radius 1 is 1.21 bits per heavy atom. The van der Waals surface area contributed by atoms with Gasteiger partial charge in [-0.3, -0.25) is 4.79 Å². The molecule has 0 aromatic rings. The van der Waals surface area contributed by atoms with Crippen LogP contribution in [0.3, 0.4) is 0 Å². The lowest BCUT2D eigenvalue weighted by atomic mass is 9.90. The van der Waals surface area contributed by atoms with Crippen molar-refractivity contribution in [3.05, 3.63) is 0 Å². The van der Waals surface area contributed by atoms with E-state index in [4.69, 9.17) is 4.74 Å². The van der Waals surface area contributed by atoms with E-state index in [1.54, 1.807) is 0 Å². The standard InChI is InChI=1S/C15H28N2O2/c1-16-11-14-12-17(9-10-19-14)15(18)13-7-5-3-2-4-6-8-13/h13-14,16H,2-12H2,1H3. The molecule has 1 unspecified atom stereocenters. The average Bonchev–Trinajstić information content (AvgIpc) is 2.38. The zero-order chi connectivity index (χ0) is 13.5. The molecule has 2 rings (SSSR count). The Kier molecular flexibility index (Phi) is 6.11. The summed E-state index contributed by atoms with van der Waals surface area (Å²) in [6.07, 6.45) is 8.74. The third-order valence-electron chi connectivity index (χ3n) is 4.34. The molecule has 1 aliphatic carbocycles. The summed E-state index contributed by atoms with van der Waals surface area (Å²) in [6.45, 7) is 3.05. The van der Waals surface area contributed by atoms with E-state index in [0.29, 0.717) is 12.5 Å². The summed E-state index contributed by atoms with van der Waals surface area (Å²) < 4.78 is 5.67. The molecule has 0 bridgehead atoms. The van der Waals surface area contributed by atoms with Crippen molar-refractivity contribution in [2.45, 2.75) is 51.0 Å². The lowest BCUT2D eigenvalue weighted by molar-refractivity contribution is -0.143. The van der Waals surface area contributed by atoms with Crippen LogP contribution in [0.25, 0.3) is 0 Å². The van der Waals surface area contributed by atoms with Gasteiger partial charge in [0.1, 0.15) is 0 Å². The van der Waals surface area contributed by atoms with Gasteiger partial charge >= 0.3 is 0 Å². The fourth-order valence-corrected chi connectivity index (χ4v) is 3.23. The molecule has 1 aliphatic heterocycles. The highest BCUT2D eigenvalue weighted by atomic mass is 16.5. The number of nitrogens with one attached hydrogen (secondary N) is 1. The van der Waals surface area contributed by atoms with E-state index < -0.39 is 0 Å². The van der Waals surface area contributed by atoms with Crippen LogP contribution in [0.15, 0.2) is 0 Å². The first-order valence-corrected chi connectivity index (χ1v) is 7.86. The van der Waals surface area contributed by atoms with Gasteiger partial charge in [-0.15, -0.1) is 0 Å². The van der Waals surface area contributed by atoms with Gasteiger partial charge in [0.2, 0.25) is 5.91 Å². The maximum Gasteiger partial charge on any atom is 0.225 e. The molecule has 1 atom stereocenters. The Labute approximate surface area is 116 Å². The fourth-order valence-electron chi connectivity index (χ4n) is 3.23. The van der Waals surface area contributed by atoms with Crippen molar-refractivity contribution in [1.29, 1.82) is 0 Å². The van der Waals surface area contributed by atoms with Crippen LogP contribution in [0, 0.1) is 5.92 Å². The number of morpholine rings is 1. The first kappa shape index (κ1) is 14.8. The number of nitrogens with zero attached hydrogens (tertiary/aromatic N) is 1. The van der Waals surface area contributed by atoms with Crippen molar-refractivity contribution in [3.63, 3.8) is 0 Å². The van der Waals surface area contributed by atoms with Crippen molar-refractivity contribution in [2.75, 3.05) is 33.3 Å². The van der Waals surface area contributed by atoms with Crippen molar-refractivity contribution >= 4 is 5.91 Å². The lowest BCUT2D eigenvalue weighted by Gasteiger charge is -2.35. The highest BCUT2D eigenvalue weighted by molar-refractivity contribution is 5.79. The number of ether oxygens (including phenoxy) is 1. The normalized spacial score (nSPS) is 26.8. The van der Waals surface area contributed by atoms with Crippen LogP contribution < -0.4 is 5.32 Å². The molecule has 1 heterocycles. The molecule has 0 spiro atoms. The number of rotatable bonds is 3. The summed E-state index contributed by atoms with van der Waals surface area (Å²) in [7, 11) is 1.93. The van der Waals surface area contributed by atoms with Gasteiger partial charge in [-0.1, -0.05) is 32.1 Å². The number of hydrogen-bond acceptors (Lipinski definition) is 3. The third-order valence-corrected chi connectivity index (χ3v) is 4.34. The Hall–Kier alpha value is -0.610. The van der Waals surface area contributed by atoms with Crippen LogP contribution in [-0.4, -0.2) is 50.2 Å². The second-order valence-electron chi connectivity index (χ2n) is 5.88. The van der Waals surface area contributed by atoms with Crippen molar-refractivity contribution < 1.29 is 9.53 Å². The van der Waals surface area contributed by atoms with E-state index in [1.165, 1.54) is 32.1 Å². The second kappa shape index (κ2) is 7.85. The number of hydrogen-bond donors (Lipinski definition) is 1. The van der Waals surface area contributed by atoms with E-state index in [-0.39, 0.29) is 12.0 Å². The quantitative estimate of drug-likeness (QED) is 0.848. The summed E-state index contributed by atoms with van der Waals surface area (Å²) in [5, 5.41) is 3.13. The van der Waals surface area contributed by atoms with Gasteiger partial charge in [-0.05, 0) is 19.9 Å². The van der Waals surface area contributed by atoms with E-state index in [0.717, 1.165) is 32.5 Å². The molecule has 4 heteroatoms. The molecule has 1 saturated heterocycles. The largest absolute Gasteiger partial charge is 0.373 e. The Bertz CT molecular complexity index is 273. The number of carbonyl (C=O) groups is 1. The molecule has 0 aromatic heterocycles. The van der Waals surface area contributed by atoms with Crippen molar-refractivity contribution in [2.24, 2.45) is 5.92 Å². The first-order chi connectivity index (χ1) is 9.31. The molecular weight excluding hydrogens is 240 g/mol. The number of amides is 1. The summed E-state index contributed by atoms with van der Waals surface area (Å²) in [6, 6.07) is 0. The molecule has 2 fully saturated rings. The predicted molar refractivity (Wildman–Crippen MR) is 76.1 cm³/mol. The highest BCUT2D eigenvalue weighted by Gasteiger charge is 2.28. The van der Waals surface area contributed by atoms with Crippen LogP contribution in [0.5, 0.6) is 0 Å². The molecule has 1 amide bonds.